The summed E-state index contributed by atoms with van der Waals surface area (Å²) in [4.78, 5) is 51.1. The highest BCUT2D eigenvalue weighted by molar-refractivity contribution is 7.80. The molecular weight excluding hydrogens is 390 g/mol. The van der Waals surface area contributed by atoms with Gasteiger partial charge in [0.15, 0.2) is 5.96 Å². The van der Waals surface area contributed by atoms with Crippen LogP contribution in [0, 0.1) is 0 Å². The van der Waals surface area contributed by atoms with E-state index in [0.29, 0.717) is 6.42 Å². The number of aliphatic imine (C=N–C) groups is 1. The Bertz CT molecular complexity index is 595. The molecule has 0 fully saturated rings. The lowest BCUT2D eigenvalue weighted by molar-refractivity contribution is -0.141. The highest BCUT2D eigenvalue weighted by Gasteiger charge is 2.27. The largest absolute Gasteiger partial charge is 0.480 e. The number of guanidine groups is 1. The van der Waals surface area contributed by atoms with Crippen molar-refractivity contribution in [3.05, 3.63) is 0 Å². The van der Waals surface area contributed by atoms with Crippen LogP contribution in [0.4, 0.5) is 0 Å². The Hall–Kier alpha value is -2.54. The number of hydrogen-bond acceptors (Lipinski definition) is 7. The molecule has 0 saturated carbocycles. The molecule has 10 N–H and O–H groups in total. The van der Waals surface area contributed by atoms with Crippen molar-refractivity contribution in [3.63, 3.8) is 0 Å². The lowest BCUT2D eigenvalue weighted by Crippen LogP contribution is -2.56. The molecule has 28 heavy (non-hydrogen) atoms. The van der Waals surface area contributed by atoms with Gasteiger partial charge in [-0.25, -0.2) is 4.79 Å². The van der Waals surface area contributed by atoms with Gasteiger partial charge < -0.3 is 38.3 Å². The van der Waals surface area contributed by atoms with Gasteiger partial charge in [-0.1, -0.05) is 0 Å². The van der Waals surface area contributed by atoms with Crippen LogP contribution in [-0.4, -0.2) is 71.2 Å². The zero-order valence-electron chi connectivity index (χ0n) is 15.8. The third-order valence-corrected chi connectivity index (χ3v) is 3.91. The van der Waals surface area contributed by atoms with Gasteiger partial charge in [0.2, 0.25) is 17.7 Å². The maximum absolute atomic E-state index is 12.5. The third kappa shape index (κ3) is 9.97. The monoisotopic (exact) mass is 419 g/mol. The fraction of sp³-hybridized carbons (Fsp3) is 0.667. The van der Waals surface area contributed by atoms with E-state index in [0.717, 1.165) is 0 Å². The third-order valence-electron chi connectivity index (χ3n) is 3.54. The van der Waals surface area contributed by atoms with Crippen LogP contribution in [0.1, 0.15) is 26.7 Å². The minimum absolute atomic E-state index is 0.0944. The summed E-state index contributed by atoms with van der Waals surface area (Å²) in [5.41, 5.74) is 16.0. The van der Waals surface area contributed by atoms with Crippen molar-refractivity contribution in [2.45, 2.75) is 50.9 Å². The smallest absolute Gasteiger partial charge is 0.327 e. The highest BCUT2D eigenvalue weighted by Crippen LogP contribution is 2.01. The molecule has 0 bridgehead atoms. The second kappa shape index (κ2) is 12.8. The molecule has 0 aliphatic heterocycles. The number of nitrogens with one attached hydrogen (secondary N) is 3. The van der Waals surface area contributed by atoms with Gasteiger partial charge in [-0.2, -0.15) is 12.6 Å². The molecule has 0 aromatic carbocycles. The summed E-state index contributed by atoms with van der Waals surface area (Å²) in [6, 6.07) is -4.03. The van der Waals surface area contributed by atoms with Gasteiger partial charge in [0.25, 0.3) is 0 Å². The zero-order chi connectivity index (χ0) is 21.9. The van der Waals surface area contributed by atoms with E-state index in [9.17, 15) is 19.2 Å². The predicted octanol–water partition coefficient (Wildman–Crippen LogP) is -3.12. The van der Waals surface area contributed by atoms with Crippen molar-refractivity contribution in [1.29, 1.82) is 0 Å². The number of nitrogens with zero attached hydrogens (tertiary/aromatic N) is 1. The van der Waals surface area contributed by atoms with Crippen molar-refractivity contribution in [2.75, 3.05) is 12.3 Å². The predicted molar refractivity (Wildman–Crippen MR) is 107 cm³/mol. The Kier molecular flexibility index (Phi) is 11.6. The van der Waals surface area contributed by atoms with Crippen LogP contribution in [0.3, 0.4) is 0 Å². The fourth-order valence-corrected chi connectivity index (χ4v) is 2.18. The maximum Gasteiger partial charge on any atom is 0.327 e. The van der Waals surface area contributed by atoms with Gasteiger partial charge in [0.1, 0.15) is 18.1 Å². The molecule has 0 heterocycles. The lowest BCUT2D eigenvalue weighted by Gasteiger charge is -2.22. The molecule has 12 nitrogen and oxygen atoms in total. The first-order chi connectivity index (χ1) is 13.0. The molecule has 160 valence electrons. The average molecular weight is 420 g/mol. The number of thiol groups is 1. The van der Waals surface area contributed by atoms with Gasteiger partial charge in [0, 0.05) is 12.3 Å². The molecule has 0 aromatic rings. The Balaban J connectivity index is 4.94. The molecule has 0 aliphatic rings. The first kappa shape index (κ1) is 25.5. The van der Waals surface area contributed by atoms with Gasteiger partial charge in [-0.05, 0) is 26.7 Å². The first-order valence-corrected chi connectivity index (χ1v) is 9.18. The highest BCUT2D eigenvalue weighted by atomic mass is 32.1. The van der Waals surface area contributed by atoms with E-state index in [4.69, 9.17) is 22.3 Å². The van der Waals surface area contributed by atoms with Crippen molar-refractivity contribution in [1.82, 2.24) is 16.0 Å². The Morgan fingerprint density at radius 2 is 1.57 bits per heavy atom. The fourth-order valence-electron chi connectivity index (χ4n) is 1.94. The molecule has 0 saturated heterocycles. The zero-order valence-corrected chi connectivity index (χ0v) is 16.7. The molecule has 3 amide bonds. The Labute approximate surface area is 168 Å². The van der Waals surface area contributed by atoms with E-state index >= 15 is 0 Å². The molecular formula is C15H29N7O5S. The molecule has 13 heteroatoms. The van der Waals surface area contributed by atoms with Crippen LogP contribution in [-0.2, 0) is 19.2 Å². The molecule has 0 aliphatic carbocycles. The normalized spacial score (nSPS) is 14.7. The van der Waals surface area contributed by atoms with E-state index in [2.05, 4.69) is 33.6 Å². The Morgan fingerprint density at radius 1 is 1.00 bits per heavy atom. The SMILES string of the molecule is CC(N)C(=O)NC(CCCN=C(N)N)C(=O)NC(C)C(=O)NC(CS)C(=O)O. The van der Waals surface area contributed by atoms with Crippen molar-refractivity contribution in [3.8, 4) is 0 Å². The van der Waals surface area contributed by atoms with Crippen LogP contribution >= 0.6 is 12.6 Å². The summed E-state index contributed by atoms with van der Waals surface area (Å²) in [5.74, 6) is -3.32. The maximum atomic E-state index is 12.5. The first-order valence-electron chi connectivity index (χ1n) is 8.55. The average Bonchev–Trinajstić information content (AvgIpc) is 2.60. The summed E-state index contributed by atoms with van der Waals surface area (Å²) >= 11 is 3.85. The summed E-state index contributed by atoms with van der Waals surface area (Å²) in [6.45, 7) is 3.09. The molecule has 4 unspecified atom stereocenters. The number of carboxylic acid groups (broad SMARTS) is 1. The minimum Gasteiger partial charge on any atom is -0.480 e. The Morgan fingerprint density at radius 3 is 2.04 bits per heavy atom. The topological polar surface area (TPSA) is 215 Å². The molecule has 0 spiro atoms. The second-order valence-electron chi connectivity index (χ2n) is 6.11. The van der Waals surface area contributed by atoms with E-state index in [1.54, 1.807) is 0 Å². The number of amides is 3. The second-order valence-corrected chi connectivity index (χ2v) is 6.48. The van der Waals surface area contributed by atoms with E-state index in [1.165, 1.54) is 13.8 Å². The van der Waals surface area contributed by atoms with E-state index < -0.39 is 47.9 Å². The molecule has 0 radical (unpaired) electrons. The number of carboxylic acids is 1. The van der Waals surface area contributed by atoms with Gasteiger partial charge >= 0.3 is 5.97 Å². The standard InChI is InChI=1S/C15H29N7O5S/c1-7(16)11(23)21-9(4-3-5-19-15(17)18)13(25)20-8(2)12(24)22-10(6-28)14(26)27/h7-10,28H,3-6,16H2,1-2H3,(H,20,25)(H,21,23)(H,22,24)(H,26,27)(H4,17,18,19). The van der Waals surface area contributed by atoms with Gasteiger partial charge in [-0.3, -0.25) is 19.4 Å². The number of carbonyl (C=O) groups excluding carboxylic acids is 3. The molecule has 0 rings (SSSR count). The number of aliphatic carboxylic acids is 1. The van der Waals surface area contributed by atoms with E-state index in [1.807, 2.05) is 0 Å². The molecule has 0 aromatic heterocycles. The van der Waals surface area contributed by atoms with Crippen LogP contribution in [0.25, 0.3) is 0 Å². The summed E-state index contributed by atoms with van der Waals surface area (Å²) in [6.07, 6.45) is 0.584. The summed E-state index contributed by atoms with van der Waals surface area (Å²) in [5, 5.41) is 16.1. The van der Waals surface area contributed by atoms with Gasteiger partial charge in [-0.15, -0.1) is 0 Å². The van der Waals surface area contributed by atoms with Crippen molar-refractivity contribution in [2.24, 2.45) is 22.2 Å². The minimum atomic E-state index is -1.25. The van der Waals surface area contributed by atoms with Crippen molar-refractivity contribution < 1.29 is 24.3 Å². The molecule has 4 atom stereocenters. The van der Waals surface area contributed by atoms with E-state index in [-0.39, 0.29) is 24.7 Å². The quantitative estimate of drug-likeness (QED) is 0.0698. The van der Waals surface area contributed by atoms with Crippen molar-refractivity contribution >= 4 is 42.3 Å². The number of carbonyl (C=O) groups is 4. The van der Waals surface area contributed by atoms with Crippen LogP contribution < -0.4 is 33.2 Å². The summed E-state index contributed by atoms with van der Waals surface area (Å²) < 4.78 is 0. The van der Waals surface area contributed by atoms with Gasteiger partial charge in [0.05, 0.1) is 6.04 Å². The number of hydrogen-bond donors (Lipinski definition) is 8. The van der Waals surface area contributed by atoms with Crippen LogP contribution in [0.15, 0.2) is 4.99 Å². The number of nitrogens with two attached hydrogens (primary N) is 3. The van der Waals surface area contributed by atoms with Crippen LogP contribution in [0.5, 0.6) is 0 Å². The number of rotatable bonds is 12. The lowest BCUT2D eigenvalue weighted by atomic mass is 10.1. The van der Waals surface area contributed by atoms with Crippen LogP contribution in [0.2, 0.25) is 0 Å². The summed E-state index contributed by atoms with van der Waals surface area (Å²) in [7, 11) is 0.